The summed E-state index contributed by atoms with van der Waals surface area (Å²) < 4.78 is 98.8. The lowest BCUT2D eigenvalue weighted by Crippen LogP contribution is -2.54. The maximum Gasteiger partial charge on any atom is 0.461 e. The van der Waals surface area contributed by atoms with E-state index in [0.29, 0.717) is 4.47 Å². The summed E-state index contributed by atoms with van der Waals surface area (Å²) >= 11 is 2.90. The van der Waals surface area contributed by atoms with E-state index in [1.807, 2.05) is 0 Å². The number of rotatable bonds is 3. The van der Waals surface area contributed by atoms with Crippen LogP contribution in [0, 0.1) is 0 Å². The largest absolute Gasteiger partial charge is 0.461 e. The fraction of sp³-hybridized carbons (Fsp3) is 0.333. The summed E-state index contributed by atoms with van der Waals surface area (Å²) in [5.41, 5.74) is 0. The van der Waals surface area contributed by atoms with Crippen LogP contribution in [0.1, 0.15) is 0 Å². The van der Waals surface area contributed by atoms with E-state index in [1.54, 1.807) is 0 Å². The summed E-state index contributed by atoms with van der Waals surface area (Å²) in [4.78, 5) is -0.836. The van der Waals surface area contributed by atoms with Gasteiger partial charge in [0.1, 0.15) is 10.8 Å². The Hall–Kier alpha value is -0.640. The molecule has 1 nitrogen and oxygen atoms in total. The first-order chi connectivity index (χ1) is 8.41. The number of benzene rings is 1. The van der Waals surface area contributed by atoms with Gasteiger partial charge in [-0.05, 0) is 24.3 Å². The van der Waals surface area contributed by atoms with E-state index in [2.05, 4.69) is 15.9 Å². The van der Waals surface area contributed by atoms with Crippen LogP contribution in [-0.2, 0) is 10.8 Å². The number of hydrogen-bond donors (Lipinski definition) is 0. The van der Waals surface area contributed by atoms with Gasteiger partial charge in [0.05, 0.1) is 0 Å². The molecular weight excluding hydrogens is 369 g/mol. The van der Waals surface area contributed by atoms with Gasteiger partial charge in [0.15, 0.2) is 0 Å². The highest BCUT2D eigenvalue weighted by molar-refractivity contribution is 9.10. The van der Waals surface area contributed by atoms with Gasteiger partial charge in [0.2, 0.25) is 0 Å². The smallest absolute Gasteiger partial charge is 0.248 e. The van der Waals surface area contributed by atoms with Crippen LogP contribution in [-0.4, -0.2) is 21.6 Å². The highest BCUT2D eigenvalue weighted by atomic mass is 79.9. The molecule has 0 bridgehead atoms. The Bertz CT molecular complexity index is 482. The van der Waals surface area contributed by atoms with Gasteiger partial charge in [-0.25, -0.2) is 4.21 Å². The van der Waals surface area contributed by atoms with Crippen molar-refractivity contribution in [2.45, 2.75) is 22.2 Å². The fourth-order valence-corrected chi connectivity index (χ4v) is 2.28. The van der Waals surface area contributed by atoms with Gasteiger partial charge in [0, 0.05) is 9.37 Å². The van der Waals surface area contributed by atoms with E-state index in [4.69, 9.17) is 0 Å². The first kappa shape index (κ1) is 16.4. The second-order valence-corrected chi connectivity index (χ2v) is 5.75. The van der Waals surface area contributed by atoms with Crippen LogP contribution in [0.15, 0.2) is 33.6 Å². The van der Waals surface area contributed by atoms with Crippen molar-refractivity contribution < 1.29 is 34.9 Å². The summed E-state index contributed by atoms with van der Waals surface area (Å²) in [7, 11) is -3.84. The molecule has 0 N–H and O–H groups in total. The van der Waals surface area contributed by atoms with E-state index >= 15 is 0 Å². The minimum Gasteiger partial charge on any atom is -0.248 e. The third-order valence-corrected chi connectivity index (χ3v) is 3.93. The standard InChI is InChI=1S/C9H4BrF7OS/c10-5-1-3-6(4-2-5)19(18)9(16,17)7(11,12)8(13,14)15/h1-4H. The molecular formula is C9H4BrF7OS. The molecule has 0 saturated carbocycles. The first-order valence-corrected chi connectivity index (χ1v) is 6.35. The zero-order chi connectivity index (χ0) is 15.1. The maximum atomic E-state index is 13.1. The quantitative estimate of drug-likeness (QED) is 0.721. The summed E-state index contributed by atoms with van der Waals surface area (Å²) in [6.45, 7) is 0. The van der Waals surface area contributed by atoms with Crippen molar-refractivity contribution in [3.05, 3.63) is 28.7 Å². The van der Waals surface area contributed by atoms with Gasteiger partial charge in [-0.1, -0.05) is 15.9 Å². The minimum atomic E-state index is -6.50. The van der Waals surface area contributed by atoms with Gasteiger partial charge in [-0.15, -0.1) is 0 Å². The van der Waals surface area contributed by atoms with E-state index in [1.165, 1.54) is 0 Å². The van der Waals surface area contributed by atoms with Gasteiger partial charge < -0.3 is 0 Å². The SMILES string of the molecule is O=S(c1ccc(Br)cc1)C(F)(F)C(F)(F)C(F)(F)F. The van der Waals surface area contributed by atoms with Crippen molar-refractivity contribution in [2.24, 2.45) is 0 Å². The monoisotopic (exact) mass is 372 g/mol. The molecule has 0 saturated heterocycles. The third kappa shape index (κ3) is 2.93. The summed E-state index contributed by atoms with van der Waals surface area (Å²) in [6.07, 6.45) is -6.50. The highest BCUT2D eigenvalue weighted by Gasteiger charge is 2.75. The van der Waals surface area contributed by atoms with Crippen molar-refractivity contribution in [1.29, 1.82) is 0 Å². The normalized spacial score (nSPS) is 15.4. The molecule has 0 aliphatic heterocycles. The van der Waals surface area contributed by atoms with Crippen molar-refractivity contribution in [2.75, 3.05) is 0 Å². The minimum absolute atomic E-state index is 0.360. The Labute approximate surface area is 113 Å². The molecule has 10 heteroatoms. The molecule has 19 heavy (non-hydrogen) atoms. The predicted molar refractivity (Wildman–Crippen MR) is 56.5 cm³/mol. The second-order valence-electron chi connectivity index (χ2n) is 3.31. The molecule has 0 heterocycles. The lowest BCUT2D eigenvalue weighted by Gasteiger charge is -2.27. The Balaban J connectivity index is 3.20. The van der Waals surface area contributed by atoms with Crippen molar-refractivity contribution in [1.82, 2.24) is 0 Å². The molecule has 1 aromatic carbocycles. The number of alkyl halides is 7. The van der Waals surface area contributed by atoms with Crippen LogP contribution in [0.25, 0.3) is 0 Å². The van der Waals surface area contributed by atoms with Crippen LogP contribution in [0.5, 0.6) is 0 Å². The van der Waals surface area contributed by atoms with Crippen LogP contribution in [0.4, 0.5) is 30.7 Å². The molecule has 1 aromatic rings. The van der Waals surface area contributed by atoms with Gasteiger partial charge >= 0.3 is 17.4 Å². The predicted octanol–water partition coefficient (Wildman–Crippen LogP) is 4.35. The zero-order valence-corrected chi connectivity index (χ0v) is 11.1. The molecule has 0 aliphatic carbocycles. The first-order valence-electron chi connectivity index (χ1n) is 4.41. The topological polar surface area (TPSA) is 17.1 Å². The molecule has 1 atom stereocenters. The molecule has 0 radical (unpaired) electrons. The van der Waals surface area contributed by atoms with Gasteiger partial charge in [-0.3, -0.25) is 0 Å². The fourth-order valence-electron chi connectivity index (χ4n) is 0.988. The second kappa shape index (κ2) is 5.04. The average Bonchev–Trinajstić information content (AvgIpc) is 2.27. The van der Waals surface area contributed by atoms with Crippen LogP contribution in [0.3, 0.4) is 0 Å². The molecule has 0 amide bonds. The molecule has 0 spiro atoms. The van der Waals surface area contributed by atoms with Gasteiger partial charge in [-0.2, -0.15) is 30.7 Å². The summed E-state index contributed by atoms with van der Waals surface area (Å²) in [5.74, 6) is -6.39. The molecule has 0 aromatic heterocycles. The Kier molecular flexibility index (Phi) is 4.35. The molecule has 0 fully saturated rings. The molecule has 1 unspecified atom stereocenters. The van der Waals surface area contributed by atoms with Crippen LogP contribution in [0.2, 0.25) is 0 Å². The Morgan fingerprint density at radius 1 is 0.895 bits per heavy atom. The van der Waals surface area contributed by atoms with Crippen molar-refractivity contribution in [3.8, 4) is 0 Å². The maximum absolute atomic E-state index is 13.1. The molecule has 108 valence electrons. The molecule has 1 rings (SSSR count). The van der Waals surface area contributed by atoms with Crippen molar-refractivity contribution in [3.63, 3.8) is 0 Å². The van der Waals surface area contributed by atoms with Crippen molar-refractivity contribution >= 4 is 26.7 Å². The summed E-state index contributed by atoms with van der Waals surface area (Å²) in [5, 5.41) is -5.76. The summed E-state index contributed by atoms with van der Waals surface area (Å²) in [6, 6.07) is 3.71. The third-order valence-electron chi connectivity index (χ3n) is 1.98. The van der Waals surface area contributed by atoms with Crippen LogP contribution < -0.4 is 0 Å². The number of hydrogen-bond acceptors (Lipinski definition) is 1. The van der Waals surface area contributed by atoms with E-state index < -0.39 is 33.0 Å². The zero-order valence-electron chi connectivity index (χ0n) is 8.65. The highest BCUT2D eigenvalue weighted by Crippen LogP contribution is 2.49. The lowest BCUT2D eigenvalue weighted by molar-refractivity contribution is -0.331. The lowest BCUT2D eigenvalue weighted by atomic mass is 10.3. The molecule has 0 aliphatic rings. The van der Waals surface area contributed by atoms with E-state index in [-0.39, 0.29) is 0 Å². The average molecular weight is 373 g/mol. The van der Waals surface area contributed by atoms with E-state index in [9.17, 15) is 34.9 Å². The van der Waals surface area contributed by atoms with E-state index in [0.717, 1.165) is 24.3 Å². The van der Waals surface area contributed by atoms with Crippen LogP contribution >= 0.6 is 15.9 Å². The van der Waals surface area contributed by atoms with Gasteiger partial charge in [0.25, 0.3) is 0 Å². The number of halogens is 8. The Morgan fingerprint density at radius 2 is 1.32 bits per heavy atom. The Morgan fingerprint density at radius 3 is 1.68 bits per heavy atom.